The topological polar surface area (TPSA) is 49.9 Å². The van der Waals surface area contributed by atoms with Crippen molar-refractivity contribution >= 4 is 12.4 Å². The molecule has 3 fully saturated rings. The van der Waals surface area contributed by atoms with E-state index in [1.165, 1.54) is 19.1 Å². The van der Waals surface area contributed by atoms with Crippen LogP contribution in [0.5, 0.6) is 0 Å². The number of carbonyl (C=O) groups excluding carboxylic acids is 2. The highest BCUT2D eigenvalue weighted by Gasteiger charge is 2.45. The van der Waals surface area contributed by atoms with Gasteiger partial charge in [-0.05, 0) is 71.4 Å². The summed E-state index contributed by atoms with van der Waals surface area (Å²) in [6.45, 7) is 10.6. The first kappa shape index (κ1) is 16.7. The van der Waals surface area contributed by atoms with Crippen LogP contribution in [0.2, 0.25) is 0 Å². The van der Waals surface area contributed by atoms with Gasteiger partial charge in [0.1, 0.15) is 11.9 Å². The smallest absolute Gasteiger partial charge is 0.410 e. The Labute approximate surface area is 139 Å². The summed E-state index contributed by atoms with van der Waals surface area (Å²) in [6.07, 6.45) is 5.54. The summed E-state index contributed by atoms with van der Waals surface area (Å²) < 4.78 is 5.41. The van der Waals surface area contributed by atoms with E-state index in [0.717, 1.165) is 51.5 Å². The van der Waals surface area contributed by atoms with Gasteiger partial charge in [0.25, 0.3) is 0 Å². The van der Waals surface area contributed by atoms with Gasteiger partial charge in [-0.3, -0.25) is 0 Å². The van der Waals surface area contributed by atoms with E-state index < -0.39 is 5.60 Å². The Morgan fingerprint density at radius 2 is 1.78 bits per heavy atom. The van der Waals surface area contributed by atoms with E-state index in [4.69, 9.17) is 4.74 Å². The van der Waals surface area contributed by atoms with Crippen LogP contribution in [0.1, 0.15) is 46.5 Å². The van der Waals surface area contributed by atoms with E-state index >= 15 is 0 Å². The summed E-state index contributed by atoms with van der Waals surface area (Å²) in [4.78, 5) is 27.4. The number of likely N-dealkylation sites (tertiary alicyclic amines) is 2. The van der Waals surface area contributed by atoms with E-state index in [2.05, 4.69) is 4.90 Å². The second kappa shape index (κ2) is 6.08. The van der Waals surface area contributed by atoms with Crippen LogP contribution in [0.25, 0.3) is 0 Å². The van der Waals surface area contributed by atoms with Gasteiger partial charge in [0.05, 0.1) is 0 Å². The summed E-state index contributed by atoms with van der Waals surface area (Å²) in [7, 11) is 0. The minimum atomic E-state index is -0.412. The lowest BCUT2D eigenvalue weighted by Gasteiger charge is -2.46. The number of carbonyl (C=O) groups is 2. The van der Waals surface area contributed by atoms with Gasteiger partial charge < -0.3 is 19.3 Å². The van der Waals surface area contributed by atoms with Crippen molar-refractivity contribution in [3.05, 3.63) is 0 Å². The van der Waals surface area contributed by atoms with Crippen LogP contribution in [-0.2, 0) is 9.53 Å². The molecule has 0 atom stereocenters. The van der Waals surface area contributed by atoms with Gasteiger partial charge in [-0.2, -0.15) is 0 Å². The molecule has 5 heteroatoms. The first-order chi connectivity index (χ1) is 10.8. The molecule has 23 heavy (non-hydrogen) atoms. The van der Waals surface area contributed by atoms with Gasteiger partial charge in [-0.15, -0.1) is 0 Å². The van der Waals surface area contributed by atoms with Crippen molar-refractivity contribution in [2.45, 2.75) is 52.1 Å². The van der Waals surface area contributed by atoms with Crippen LogP contribution in [0, 0.1) is 17.3 Å². The van der Waals surface area contributed by atoms with Crippen molar-refractivity contribution in [2.75, 3.05) is 32.7 Å². The number of hydrogen-bond donors (Lipinski definition) is 0. The molecule has 2 heterocycles. The fourth-order valence-electron chi connectivity index (χ4n) is 3.79. The van der Waals surface area contributed by atoms with Gasteiger partial charge in [-0.25, -0.2) is 4.79 Å². The van der Waals surface area contributed by atoms with Crippen LogP contribution in [0.3, 0.4) is 0 Å². The van der Waals surface area contributed by atoms with Crippen LogP contribution in [-0.4, -0.2) is 60.5 Å². The third-order valence-corrected chi connectivity index (χ3v) is 5.54. The number of aldehydes is 1. The fraction of sp³-hybridized carbons (Fsp3) is 0.889. The molecule has 0 N–H and O–H groups in total. The van der Waals surface area contributed by atoms with E-state index in [1.807, 2.05) is 25.7 Å². The maximum atomic E-state index is 12.0. The SMILES string of the molecule is CC(C)(C)OC(=O)N1CC(C2CCN(CC3(C=O)CC3)CC2)C1. The molecule has 1 aliphatic carbocycles. The molecule has 0 aromatic heterocycles. The van der Waals surface area contributed by atoms with E-state index in [-0.39, 0.29) is 11.5 Å². The molecule has 130 valence electrons. The normalized spacial score (nSPS) is 25.8. The molecule has 0 spiro atoms. The van der Waals surface area contributed by atoms with Crippen LogP contribution < -0.4 is 0 Å². The molecule has 0 radical (unpaired) electrons. The number of piperidine rings is 1. The molecule has 1 amide bonds. The number of ether oxygens (including phenoxy) is 1. The fourth-order valence-corrected chi connectivity index (χ4v) is 3.79. The van der Waals surface area contributed by atoms with E-state index in [0.29, 0.717) is 5.92 Å². The molecule has 1 saturated carbocycles. The Bertz CT molecular complexity index is 453. The van der Waals surface area contributed by atoms with Crippen LogP contribution in [0.4, 0.5) is 4.79 Å². The van der Waals surface area contributed by atoms with Gasteiger partial charge in [-0.1, -0.05) is 0 Å². The lowest BCUT2D eigenvalue weighted by Crippen LogP contribution is -2.55. The van der Waals surface area contributed by atoms with Gasteiger partial charge in [0.15, 0.2) is 0 Å². The molecule has 0 unspecified atom stereocenters. The van der Waals surface area contributed by atoms with Crippen LogP contribution >= 0.6 is 0 Å². The lowest BCUT2D eigenvalue weighted by molar-refractivity contribution is -0.113. The third-order valence-electron chi connectivity index (χ3n) is 5.54. The van der Waals surface area contributed by atoms with E-state index in [9.17, 15) is 9.59 Å². The van der Waals surface area contributed by atoms with Gasteiger partial charge >= 0.3 is 6.09 Å². The molecule has 2 aliphatic heterocycles. The molecule has 2 saturated heterocycles. The van der Waals surface area contributed by atoms with Crippen molar-refractivity contribution in [3.63, 3.8) is 0 Å². The molecule has 0 aromatic carbocycles. The average molecular weight is 322 g/mol. The molecule has 3 aliphatic rings. The Hall–Kier alpha value is -1.10. The minimum absolute atomic E-state index is 0.00316. The Balaban J connectivity index is 1.37. The minimum Gasteiger partial charge on any atom is -0.444 e. The first-order valence-corrected chi connectivity index (χ1v) is 8.97. The summed E-state index contributed by atoms with van der Waals surface area (Å²) in [5, 5.41) is 0. The zero-order valence-electron chi connectivity index (χ0n) is 14.7. The van der Waals surface area contributed by atoms with Crippen molar-refractivity contribution < 1.29 is 14.3 Å². The third kappa shape index (κ3) is 4.06. The predicted octanol–water partition coefficient (Wildman–Crippen LogP) is 2.54. The van der Waals surface area contributed by atoms with Crippen molar-refractivity contribution in [1.29, 1.82) is 0 Å². The lowest BCUT2D eigenvalue weighted by atomic mass is 9.79. The maximum absolute atomic E-state index is 12.0. The zero-order chi connectivity index (χ0) is 16.7. The molecular weight excluding hydrogens is 292 g/mol. The molecular formula is C18H30N2O3. The number of rotatable bonds is 4. The predicted molar refractivity (Wildman–Crippen MR) is 88.2 cm³/mol. The van der Waals surface area contributed by atoms with Crippen molar-refractivity contribution in [3.8, 4) is 0 Å². The molecule has 0 aromatic rings. The first-order valence-electron chi connectivity index (χ1n) is 8.97. The van der Waals surface area contributed by atoms with Crippen molar-refractivity contribution in [2.24, 2.45) is 17.3 Å². The monoisotopic (exact) mass is 322 g/mol. The average Bonchev–Trinajstić information content (AvgIpc) is 3.17. The highest BCUT2D eigenvalue weighted by molar-refractivity contribution is 5.69. The Kier molecular flexibility index (Phi) is 4.43. The number of hydrogen-bond acceptors (Lipinski definition) is 4. The van der Waals surface area contributed by atoms with Gasteiger partial charge in [0, 0.05) is 25.0 Å². The maximum Gasteiger partial charge on any atom is 0.410 e. The summed E-state index contributed by atoms with van der Waals surface area (Å²) in [5.74, 6) is 1.35. The summed E-state index contributed by atoms with van der Waals surface area (Å²) in [5.41, 5.74) is -0.415. The van der Waals surface area contributed by atoms with Crippen molar-refractivity contribution in [1.82, 2.24) is 9.80 Å². The Morgan fingerprint density at radius 1 is 1.17 bits per heavy atom. The molecule has 5 nitrogen and oxygen atoms in total. The molecule has 3 rings (SSSR count). The second-order valence-electron chi connectivity index (χ2n) is 8.74. The molecule has 0 bridgehead atoms. The highest BCUT2D eigenvalue weighted by atomic mass is 16.6. The Morgan fingerprint density at radius 3 is 2.26 bits per heavy atom. The standard InChI is InChI=1S/C18H30N2O3/c1-17(2,3)23-16(22)20-10-15(11-20)14-4-8-19(9-5-14)12-18(13-21)6-7-18/h13-15H,4-12H2,1-3H3. The highest BCUT2D eigenvalue weighted by Crippen LogP contribution is 2.44. The number of amides is 1. The second-order valence-corrected chi connectivity index (χ2v) is 8.74. The largest absolute Gasteiger partial charge is 0.444 e. The van der Waals surface area contributed by atoms with Crippen LogP contribution in [0.15, 0.2) is 0 Å². The quantitative estimate of drug-likeness (QED) is 0.746. The van der Waals surface area contributed by atoms with E-state index in [1.54, 1.807) is 0 Å². The number of nitrogens with zero attached hydrogens (tertiary/aromatic N) is 2. The van der Waals surface area contributed by atoms with Gasteiger partial charge in [0.2, 0.25) is 0 Å². The summed E-state index contributed by atoms with van der Waals surface area (Å²) >= 11 is 0. The zero-order valence-corrected chi connectivity index (χ0v) is 14.7. The summed E-state index contributed by atoms with van der Waals surface area (Å²) in [6, 6.07) is 0.